The van der Waals surface area contributed by atoms with E-state index in [1.54, 1.807) is 12.4 Å². The molecular formula is C19H20FN3O. The summed E-state index contributed by atoms with van der Waals surface area (Å²) >= 11 is 0. The molecular weight excluding hydrogens is 305 g/mol. The van der Waals surface area contributed by atoms with Gasteiger partial charge in [0.25, 0.3) is 0 Å². The van der Waals surface area contributed by atoms with Gasteiger partial charge in [-0.2, -0.15) is 0 Å². The van der Waals surface area contributed by atoms with Crippen LogP contribution in [0.15, 0.2) is 54.9 Å². The molecule has 3 N–H and O–H groups in total. The van der Waals surface area contributed by atoms with Crippen molar-refractivity contribution in [1.82, 2.24) is 9.55 Å². The molecule has 0 fully saturated rings. The van der Waals surface area contributed by atoms with Crippen LogP contribution in [0, 0.1) is 5.82 Å². The molecule has 0 bridgehead atoms. The smallest absolute Gasteiger partial charge is 0.165 e. The zero-order chi connectivity index (χ0) is 16.9. The van der Waals surface area contributed by atoms with Gasteiger partial charge in [-0.15, -0.1) is 0 Å². The first-order valence-electron chi connectivity index (χ1n) is 7.91. The molecule has 0 saturated heterocycles. The Morgan fingerprint density at radius 2 is 1.88 bits per heavy atom. The SMILES string of the molecule is NCCc1c(Cc2ccccc2)ncn1Cc1ccc(O)c(F)c1. The fourth-order valence-electron chi connectivity index (χ4n) is 2.79. The average Bonchev–Trinajstić information content (AvgIpc) is 2.94. The predicted octanol–water partition coefficient (Wildman–Crippen LogP) is 2.87. The number of nitrogens with two attached hydrogens (primary N) is 1. The predicted molar refractivity (Wildman–Crippen MR) is 91.4 cm³/mol. The average molecular weight is 325 g/mol. The Balaban J connectivity index is 1.86. The second-order valence-corrected chi connectivity index (χ2v) is 5.75. The Hall–Kier alpha value is -2.66. The van der Waals surface area contributed by atoms with Crippen LogP contribution in [0.3, 0.4) is 0 Å². The minimum Gasteiger partial charge on any atom is -0.505 e. The van der Waals surface area contributed by atoms with Crippen LogP contribution in [0.4, 0.5) is 4.39 Å². The van der Waals surface area contributed by atoms with Gasteiger partial charge in [0.1, 0.15) is 0 Å². The number of aromatic hydroxyl groups is 1. The van der Waals surface area contributed by atoms with Gasteiger partial charge in [-0.05, 0) is 29.8 Å². The van der Waals surface area contributed by atoms with E-state index in [1.165, 1.54) is 17.7 Å². The standard InChI is InChI=1S/C19H20FN3O/c20-16-10-15(6-7-19(16)24)12-23-13-22-17(18(23)8-9-21)11-14-4-2-1-3-5-14/h1-7,10,13,24H,8-9,11-12,21H2. The largest absolute Gasteiger partial charge is 0.505 e. The Kier molecular flexibility index (Phi) is 4.91. The van der Waals surface area contributed by atoms with Crippen LogP contribution in [0.25, 0.3) is 0 Å². The van der Waals surface area contributed by atoms with Crippen molar-refractivity contribution in [3.8, 4) is 5.75 Å². The van der Waals surface area contributed by atoms with E-state index in [0.717, 1.165) is 23.4 Å². The maximum absolute atomic E-state index is 13.5. The van der Waals surface area contributed by atoms with E-state index in [4.69, 9.17) is 5.73 Å². The number of nitrogens with zero attached hydrogens (tertiary/aromatic N) is 2. The monoisotopic (exact) mass is 325 g/mol. The third kappa shape index (κ3) is 3.63. The molecule has 0 aliphatic carbocycles. The quantitative estimate of drug-likeness (QED) is 0.732. The lowest BCUT2D eigenvalue weighted by Crippen LogP contribution is -2.11. The van der Waals surface area contributed by atoms with Gasteiger partial charge in [0.15, 0.2) is 11.6 Å². The molecule has 0 unspecified atom stereocenters. The van der Waals surface area contributed by atoms with Gasteiger partial charge in [-0.3, -0.25) is 0 Å². The van der Waals surface area contributed by atoms with Crippen LogP contribution in [0.1, 0.15) is 22.5 Å². The minimum atomic E-state index is -0.613. The maximum Gasteiger partial charge on any atom is 0.165 e. The van der Waals surface area contributed by atoms with E-state index < -0.39 is 5.82 Å². The molecule has 0 atom stereocenters. The molecule has 0 amide bonds. The zero-order valence-electron chi connectivity index (χ0n) is 13.3. The van der Waals surface area contributed by atoms with Gasteiger partial charge in [-0.25, -0.2) is 9.37 Å². The summed E-state index contributed by atoms with van der Waals surface area (Å²) in [4.78, 5) is 4.53. The van der Waals surface area contributed by atoms with E-state index in [-0.39, 0.29) is 5.75 Å². The van der Waals surface area contributed by atoms with Gasteiger partial charge in [0, 0.05) is 25.1 Å². The molecule has 0 aliphatic heterocycles. The summed E-state index contributed by atoms with van der Waals surface area (Å²) in [5, 5.41) is 9.31. The Morgan fingerprint density at radius 1 is 1.08 bits per heavy atom. The van der Waals surface area contributed by atoms with Crippen molar-refractivity contribution in [1.29, 1.82) is 0 Å². The summed E-state index contributed by atoms with van der Waals surface area (Å²) in [6, 6.07) is 14.6. The lowest BCUT2D eigenvalue weighted by molar-refractivity contribution is 0.431. The number of phenols is 1. The van der Waals surface area contributed by atoms with Gasteiger partial charge in [0.05, 0.1) is 12.0 Å². The van der Waals surface area contributed by atoms with Gasteiger partial charge in [0.2, 0.25) is 0 Å². The first-order chi connectivity index (χ1) is 11.7. The van der Waals surface area contributed by atoms with E-state index in [1.807, 2.05) is 22.8 Å². The van der Waals surface area contributed by atoms with Crippen LogP contribution in [-0.4, -0.2) is 21.2 Å². The number of aromatic nitrogens is 2. The molecule has 4 nitrogen and oxygen atoms in total. The number of hydrogen-bond donors (Lipinski definition) is 2. The molecule has 24 heavy (non-hydrogen) atoms. The van der Waals surface area contributed by atoms with Crippen molar-refractivity contribution in [2.24, 2.45) is 5.73 Å². The Labute approximate surface area is 140 Å². The summed E-state index contributed by atoms with van der Waals surface area (Å²) in [6.07, 6.45) is 3.23. The van der Waals surface area contributed by atoms with Crippen LogP contribution >= 0.6 is 0 Å². The fraction of sp³-hybridized carbons (Fsp3) is 0.211. The van der Waals surface area contributed by atoms with Crippen LogP contribution in [-0.2, 0) is 19.4 Å². The number of hydrogen-bond acceptors (Lipinski definition) is 3. The van der Waals surface area contributed by atoms with Crippen molar-refractivity contribution >= 4 is 0 Å². The highest BCUT2D eigenvalue weighted by atomic mass is 19.1. The summed E-state index contributed by atoms with van der Waals surface area (Å²) in [6.45, 7) is 1.02. The molecule has 0 spiro atoms. The highest BCUT2D eigenvalue weighted by Gasteiger charge is 2.12. The first-order valence-corrected chi connectivity index (χ1v) is 7.91. The normalized spacial score (nSPS) is 10.9. The highest BCUT2D eigenvalue weighted by molar-refractivity contribution is 5.30. The molecule has 0 radical (unpaired) electrons. The molecule has 3 rings (SSSR count). The number of halogens is 1. The van der Waals surface area contributed by atoms with Crippen molar-refractivity contribution in [3.63, 3.8) is 0 Å². The molecule has 124 valence electrons. The van der Waals surface area contributed by atoms with Crippen LogP contribution in [0.5, 0.6) is 5.75 Å². The minimum absolute atomic E-state index is 0.337. The summed E-state index contributed by atoms with van der Waals surface area (Å²) in [5.74, 6) is -0.950. The Bertz CT molecular complexity index is 815. The molecule has 5 heteroatoms. The van der Waals surface area contributed by atoms with Gasteiger partial charge in [-0.1, -0.05) is 36.4 Å². The molecule has 1 heterocycles. The van der Waals surface area contributed by atoms with Crippen molar-refractivity contribution in [2.75, 3.05) is 6.54 Å². The number of phenolic OH excluding ortho intramolecular Hbond substituents is 1. The van der Waals surface area contributed by atoms with Crippen molar-refractivity contribution < 1.29 is 9.50 Å². The van der Waals surface area contributed by atoms with Crippen LogP contribution < -0.4 is 5.73 Å². The highest BCUT2D eigenvalue weighted by Crippen LogP contribution is 2.19. The second-order valence-electron chi connectivity index (χ2n) is 5.75. The van der Waals surface area contributed by atoms with Gasteiger partial charge < -0.3 is 15.4 Å². The number of imidazole rings is 1. The van der Waals surface area contributed by atoms with Crippen molar-refractivity contribution in [3.05, 3.63) is 83.2 Å². The topological polar surface area (TPSA) is 64.1 Å². The molecule has 0 saturated carbocycles. The van der Waals surface area contributed by atoms with E-state index in [9.17, 15) is 9.50 Å². The molecule has 1 aromatic heterocycles. The second kappa shape index (κ2) is 7.27. The summed E-state index contributed by atoms with van der Waals surface area (Å²) in [5.41, 5.74) is 9.77. The summed E-state index contributed by atoms with van der Waals surface area (Å²) < 4.78 is 15.5. The lowest BCUT2D eigenvalue weighted by atomic mass is 10.1. The third-order valence-electron chi connectivity index (χ3n) is 3.99. The molecule has 2 aromatic carbocycles. The Morgan fingerprint density at radius 3 is 2.58 bits per heavy atom. The number of benzene rings is 2. The third-order valence-corrected chi connectivity index (χ3v) is 3.99. The zero-order valence-corrected chi connectivity index (χ0v) is 13.3. The van der Waals surface area contributed by atoms with Gasteiger partial charge >= 0.3 is 0 Å². The van der Waals surface area contributed by atoms with Crippen molar-refractivity contribution in [2.45, 2.75) is 19.4 Å². The van der Waals surface area contributed by atoms with Crippen LogP contribution in [0.2, 0.25) is 0 Å². The van der Waals surface area contributed by atoms with E-state index in [0.29, 0.717) is 19.5 Å². The van der Waals surface area contributed by atoms with E-state index in [2.05, 4.69) is 17.1 Å². The fourth-order valence-corrected chi connectivity index (χ4v) is 2.79. The van der Waals surface area contributed by atoms with E-state index >= 15 is 0 Å². The lowest BCUT2D eigenvalue weighted by Gasteiger charge is -2.10. The summed E-state index contributed by atoms with van der Waals surface area (Å²) in [7, 11) is 0. The molecule has 3 aromatic rings. The number of rotatable bonds is 6. The first kappa shape index (κ1) is 16.2. The molecule has 0 aliphatic rings. The maximum atomic E-state index is 13.5.